The first-order valence-corrected chi connectivity index (χ1v) is 6.18. The maximum absolute atomic E-state index is 12.8. The standard InChI is InChI=1S/C15H11FN4O/c16-12-1-3-13(4-2-12)21-15-19-8-11(9-20-15)10-5-6-18-14(17)7-10/h1-9H,(H2,17,18). The number of benzene rings is 1. The number of nitrogens with zero attached hydrogens (tertiary/aromatic N) is 3. The summed E-state index contributed by atoms with van der Waals surface area (Å²) in [7, 11) is 0. The molecule has 0 amide bonds. The fourth-order valence-electron chi connectivity index (χ4n) is 1.75. The van der Waals surface area contributed by atoms with Crippen molar-refractivity contribution in [3.8, 4) is 22.9 Å². The largest absolute Gasteiger partial charge is 0.424 e. The first-order valence-electron chi connectivity index (χ1n) is 6.18. The van der Waals surface area contributed by atoms with Gasteiger partial charge >= 0.3 is 6.01 Å². The molecular formula is C15H11FN4O. The zero-order valence-corrected chi connectivity index (χ0v) is 10.9. The van der Waals surface area contributed by atoms with Crippen LogP contribution in [0.1, 0.15) is 0 Å². The van der Waals surface area contributed by atoms with Crippen LogP contribution in [0, 0.1) is 5.82 Å². The third-order valence-corrected chi connectivity index (χ3v) is 2.77. The van der Waals surface area contributed by atoms with Crippen molar-refractivity contribution >= 4 is 5.82 Å². The van der Waals surface area contributed by atoms with Crippen molar-refractivity contribution < 1.29 is 9.13 Å². The van der Waals surface area contributed by atoms with Gasteiger partial charge in [-0.25, -0.2) is 19.3 Å². The molecule has 5 nitrogen and oxygen atoms in total. The van der Waals surface area contributed by atoms with Crippen molar-refractivity contribution in [2.45, 2.75) is 0 Å². The van der Waals surface area contributed by atoms with Crippen molar-refractivity contribution in [1.29, 1.82) is 0 Å². The minimum absolute atomic E-state index is 0.187. The van der Waals surface area contributed by atoms with E-state index in [1.165, 1.54) is 24.3 Å². The van der Waals surface area contributed by atoms with Crippen LogP contribution in [0.5, 0.6) is 11.8 Å². The first-order chi connectivity index (χ1) is 10.2. The Labute approximate surface area is 120 Å². The molecule has 0 aliphatic heterocycles. The van der Waals surface area contributed by atoms with Crippen molar-refractivity contribution in [1.82, 2.24) is 15.0 Å². The highest BCUT2D eigenvalue weighted by Gasteiger charge is 2.03. The van der Waals surface area contributed by atoms with Crippen LogP contribution in [0.4, 0.5) is 10.2 Å². The highest BCUT2D eigenvalue weighted by atomic mass is 19.1. The third-order valence-electron chi connectivity index (χ3n) is 2.77. The van der Waals surface area contributed by atoms with E-state index in [2.05, 4.69) is 15.0 Å². The molecule has 21 heavy (non-hydrogen) atoms. The van der Waals surface area contributed by atoms with Crippen molar-refractivity contribution in [3.63, 3.8) is 0 Å². The highest BCUT2D eigenvalue weighted by Crippen LogP contribution is 2.22. The van der Waals surface area contributed by atoms with E-state index in [9.17, 15) is 4.39 Å². The fraction of sp³-hybridized carbons (Fsp3) is 0. The van der Waals surface area contributed by atoms with Gasteiger partial charge in [0.2, 0.25) is 0 Å². The second-order valence-electron chi connectivity index (χ2n) is 4.28. The minimum atomic E-state index is -0.325. The van der Waals surface area contributed by atoms with Gasteiger partial charge in [-0.2, -0.15) is 0 Å². The summed E-state index contributed by atoms with van der Waals surface area (Å²) in [5, 5.41) is 0. The van der Waals surface area contributed by atoms with Crippen molar-refractivity contribution in [3.05, 3.63) is 60.8 Å². The Morgan fingerprint density at radius 1 is 0.905 bits per heavy atom. The molecule has 0 aliphatic rings. The molecule has 3 rings (SSSR count). The van der Waals surface area contributed by atoms with Crippen LogP contribution >= 0.6 is 0 Å². The number of pyridine rings is 1. The molecule has 0 spiro atoms. The smallest absolute Gasteiger partial charge is 0.321 e. The summed E-state index contributed by atoms with van der Waals surface area (Å²) in [6, 6.07) is 9.38. The summed E-state index contributed by atoms with van der Waals surface area (Å²) in [4.78, 5) is 12.2. The molecule has 2 N–H and O–H groups in total. The van der Waals surface area contributed by atoms with Gasteiger partial charge in [-0.3, -0.25) is 0 Å². The summed E-state index contributed by atoms with van der Waals surface area (Å²) in [5.41, 5.74) is 7.31. The average molecular weight is 282 g/mol. The van der Waals surface area contributed by atoms with Crippen LogP contribution in [-0.4, -0.2) is 15.0 Å². The number of rotatable bonds is 3. The Bertz CT molecular complexity index is 744. The number of ether oxygens (including phenoxy) is 1. The van der Waals surface area contributed by atoms with Crippen LogP contribution in [0.15, 0.2) is 55.0 Å². The van der Waals surface area contributed by atoms with Crippen LogP contribution in [-0.2, 0) is 0 Å². The Balaban J connectivity index is 1.79. The number of nitrogens with two attached hydrogens (primary N) is 1. The SMILES string of the molecule is Nc1cc(-c2cnc(Oc3ccc(F)cc3)nc2)ccn1. The summed E-state index contributed by atoms with van der Waals surface area (Å²) in [5.74, 6) is 0.574. The zero-order valence-electron chi connectivity index (χ0n) is 10.9. The van der Waals surface area contributed by atoms with Gasteiger partial charge in [-0.05, 0) is 42.0 Å². The zero-order chi connectivity index (χ0) is 14.7. The number of hydrogen-bond donors (Lipinski definition) is 1. The average Bonchev–Trinajstić information content (AvgIpc) is 2.50. The van der Waals surface area contributed by atoms with E-state index in [1.807, 2.05) is 6.07 Å². The minimum Gasteiger partial charge on any atom is -0.424 e. The molecule has 6 heteroatoms. The Morgan fingerprint density at radius 3 is 2.29 bits per heavy atom. The molecule has 0 saturated heterocycles. The summed E-state index contributed by atoms with van der Waals surface area (Å²) < 4.78 is 18.2. The van der Waals surface area contributed by atoms with Gasteiger partial charge in [-0.1, -0.05) is 0 Å². The molecule has 0 aliphatic carbocycles. The number of aromatic nitrogens is 3. The number of halogens is 1. The van der Waals surface area contributed by atoms with E-state index in [0.29, 0.717) is 11.6 Å². The molecule has 0 unspecified atom stereocenters. The molecule has 0 radical (unpaired) electrons. The third kappa shape index (κ3) is 3.11. The summed E-state index contributed by atoms with van der Waals surface area (Å²) in [6.45, 7) is 0. The Kier molecular flexibility index (Phi) is 3.42. The second-order valence-corrected chi connectivity index (χ2v) is 4.28. The molecule has 0 atom stereocenters. The van der Waals surface area contributed by atoms with E-state index in [0.717, 1.165) is 11.1 Å². The molecule has 0 bridgehead atoms. The van der Waals surface area contributed by atoms with Crippen molar-refractivity contribution in [2.24, 2.45) is 0 Å². The quantitative estimate of drug-likeness (QED) is 0.799. The monoisotopic (exact) mass is 282 g/mol. The van der Waals surface area contributed by atoms with Crippen LogP contribution < -0.4 is 10.5 Å². The Morgan fingerprint density at radius 2 is 1.62 bits per heavy atom. The van der Waals surface area contributed by atoms with Gasteiger partial charge in [0.15, 0.2) is 0 Å². The molecule has 2 heterocycles. The normalized spacial score (nSPS) is 10.3. The van der Waals surface area contributed by atoms with Crippen LogP contribution in [0.3, 0.4) is 0 Å². The fourth-order valence-corrected chi connectivity index (χ4v) is 1.75. The molecule has 2 aromatic heterocycles. The van der Waals surface area contributed by atoms with Gasteiger partial charge in [0.05, 0.1) is 0 Å². The van der Waals surface area contributed by atoms with Crippen LogP contribution in [0.2, 0.25) is 0 Å². The number of hydrogen-bond acceptors (Lipinski definition) is 5. The van der Waals surface area contributed by atoms with E-state index >= 15 is 0 Å². The first kappa shape index (κ1) is 13.0. The van der Waals surface area contributed by atoms with Crippen molar-refractivity contribution in [2.75, 3.05) is 5.73 Å². The van der Waals surface area contributed by atoms with Gasteiger partial charge in [0.25, 0.3) is 0 Å². The van der Waals surface area contributed by atoms with Gasteiger partial charge in [0.1, 0.15) is 17.4 Å². The lowest BCUT2D eigenvalue weighted by Crippen LogP contribution is -1.93. The Hall–Kier alpha value is -3.02. The van der Waals surface area contributed by atoms with Gasteiger partial charge in [-0.15, -0.1) is 0 Å². The maximum Gasteiger partial charge on any atom is 0.321 e. The highest BCUT2D eigenvalue weighted by molar-refractivity contribution is 5.63. The summed E-state index contributed by atoms with van der Waals surface area (Å²) >= 11 is 0. The lowest BCUT2D eigenvalue weighted by Gasteiger charge is -2.05. The molecule has 1 aromatic carbocycles. The molecule has 3 aromatic rings. The summed E-state index contributed by atoms with van der Waals surface area (Å²) in [6.07, 6.45) is 4.87. The lowest BCUT2D eigenvalue weighted by atomic mass is 10.1. The van der Waals surface area contributed by atoms with E-state index in [-0.39, 0.29) is 11.8 Å². The molecule has 0 saturated carbocycles. The lowest BCUT2D eigenvalue weighted by molar-refractivity contribution is 0.440. The molecular weight excluding hydrogens is 271 g/mol. The predicted octanol–water partition coefficient (Wildman–Crippen LogP) is 3.05. The van der Waals surface area contributed by atoms with Gasteiger partial charge in [0, 0.05) is 24.2 Å². The van der Waals surface area contributed by atoms with E-state index < -0.39 is 0 Å². The van der Waals surface area contributed by atoms with E-state index in [1.54, 1.807) is 24.7 Å². The molecule has 0 fully saturated rings. The van der Waals surface area contributed by atoms with Gasteiger partial charge < -0.3 is 10.5 Å². The predicted molar refractivity (Wildman–Crippen MR) is 76.1 cm³/mol. The van der Waals surface area contributed by atoms with Crippen LogP contribution in [0.25, 0.3) is 11.1 Å². The molecule has 104 valence electrons. The second kappa shape index (κ2) is 5.54. The topological polar surface area (TPSA) is 73.9 Å². The van der Waals surface area contributed by atoms with E-state index in [4.69, 9.17) is 10.5 Å². The number of nitrogen functional groups attached to an aromatic ring is 1. The maximum atomic E-state index is 12.8. The number of anilines is 1.